The number of amides is 2. The lowest BCUT2D eigenvalue weighted by Gasteiger charge is -2.33. The molecule has 27 heavy (non-hydrogen) atoms. The van der Waals surface area contributed by atoms with Gasteiger partial charge in [-0.25, -0.2) is 0 Å². The first-order chi connectivity index (χ1) is 12.7. The number of hydrogen-bond acceptors (Lipinski definition) is 5. The van der Waals surface area contributed by atoms with E-state index in [-0.39, 0.29) is 30.2 Å². The summed E-state index contributed by atoms with van der Waals surface area (Å²) in [6, 6.07) is 4.07. The van der Waals surface area contributed by atoms with Crippen molar-refractivity contribution in [2.24, 2.45) is 5.73 Å². The fraction of sp³-hybridized carbons (Fsp3) is 0.353. The number of fused-ring (bicyclic) bond motifs is 1. The second-order valence-electron chi connectivity index (χ2n) is 6.19. The number of primary amides is 1. The zero-order valence-electron chi connectivity index (χ0n) is 14.0. The van der Waals surface area contributed by atoms with E-state index in [1.165, 1.54) is 24.4 Å². The van der Waals surface area contributed by atoms with Gasteiger partial charge in [0.25, 0.3) is 5.91 Å². The first kappa shape index (κ1) is 18.7. The fourth-order valence-corrected chi connectivity index (χ4v) is 3.03. The van der Waals surface area contributed by atoms with Crippen LogP contribution >= 0.6 is 0 Å². The summed E-state index contributed by atoms with van der Waals surface area (Å²) < 4.78 is 43.7. The quantitative estimate of drug-likeness (QED) is 0.843. The van der Waals surface area contributed by atoms with Crippen molar-refractivity contribution in [3.8, 4) is 11.5 Å². The number of halogens is 3. The van der Waals surface area contributed by atoms with Crippen molar-refractivity contribution in [3.05, 3.63) is 30.0 Å². The summed E-state index contributed by atoms with van der Waals surface area (Å²) in [5.74, 6) is -2.79. The minimum absolute atomic E-state index is 0.0120. The van der Waals surface area contributed by atoms with Gasteiger partial charge < -0.3 is 20.5 Å². The minimum atomic E-state index is -4.93. The number of rotatable bonds is 3. The highest BCUT2D eigenvalue weighted by atomic mass is 19.4. The molecule has 1 aromatic heterocycles. The Balaban J connectivity index is 1.85. The number of carbonyl (C=O) groups is 2. The van der Waals surface area contributed by atoms with Gasteiger partial charge in [-0.15, -0.1) is 0 Å². The van der Waals surface area contributed by atoms with Gasteiger partial charge in [-0.2, -0.15) is 13.2 Å². The molecule has 1 aliphatic heterocycles. The SMILES string of the molecule is NC(=O)c1cc2nccc(OC3CCCN(C(=O)C(F)(F)F)C3)c2cc1O. The Morgan fingerprint density at radius 1 is 1.33 bits per heavy atom. The number of benzene rings is 1. The van der Waals surface area contributed by atoms with Crippen molar-refractivity contribution < 1.29 is 32.6 Å². The highest BCUT2D eigenvalue weighted by molar-refractivity contribution is 6.00. The second kappa shape index (κ2) is 6.93. The van der Waals surface area contributed by atoms with Gasteiger partial charge >= 0.3 is 12.1 Å². The number of likely N-dealkylation sites (tertiary alicyclic amines) is 1. The number of alkyl halides is 3. The van der Waals surface area contributed by atoms with E-state index in [9.17, 15) is 27.9 Å². The van der Waals surface area contributed by atoms with Gasteiger partial charge in [-0.1, -0.05) is 0 Å². The van der Waals surface area contributed by atoms with Crippen LogP contribution in [0.5, 0.6) is 11.5 Å². The Morgan fingerprint density at radius 3 is 2.74 bits per heavy atom. The van der Waals surface area contributed by atoms with Gasteiger partial charge in [0, 0.05) is 18.1 Å². The molecule has 2 aromatic rings. The van der Waals surface area contributed by atoms with Crippen molar-refractivity contribution in [2.75, 3.05) is 13.1 Å². The van der Waals surface area contributed by atoms with Crippen LogP contribution in [0.1, 0.15) is 23.2 Å². The summed E-state index contributed by atoms with van der Waals surface area (Å²) in [7, 11) is 0. The number of piperidine rings is 1. The maximum absolute atomic E-state index is 12.6. The van der Waals surface area contributed by atoms with Gasteiger partial charge in [-0.3, -0.25) is 14.6 Å². The fourth-order valence-electron chi connectivity index (χ4n) is 3.03. The minimum Gasteiger partial charge on any atom is -0.507 e. The normalized spacial score (nSPS) is 17.7. The highest BCUT2D eigenvalue weighted by Gasteiger charge is 2.43. The van der Waals surface area contributed by atoms with Crippen molar-refractivity contribution in [1.29, 1.82) is 0 Å². The average molecular weight is 383 g/mol. The summed E-state index contributed by atoms with van der Waals surface area (Å²) in [4.78, 5) is 27.6. The van der Waals surface area contributed by atoms with E-state index in [0.717, 1.165) is 4.90 Å². The van der Waals surface area contributed by atoms with E-state index in [4.69, 9.17) is 10.5 Å². The van der Waals surface area contributed by atoms with Crippen molar-refractivity contribution in [2.45, 2.75) is 25.1 Å². The summed E-state index contributed by atoms with van der Waals surface area (Å²) >= 11 is 0. The van der Waals surface area contributed by atoms with Crippen LogP contribution in [0.3, 0.4) is 0 Å². The Labute approximate surface area is 151 Å². The molecular weight excluding hydrogens is 367 g/mol. The molecule has 3 N–H and O–H groups in total. The molecule has 0 saturated carbocycles. The van der Waals surface area contributed by atoms with Crippen molar-refractivity contribution in [3.63, 3.8) is 0 Å². The zero-order chi connectivity index (χ0) is 19.8. The Hall–Kier alpha value is -3.04. The number of carbonyl (C=O) groups excluding carboxylic acids is 2. The lowest BCUT2D eigenvalue weighted by Crippen LogP contribution is -2.49. The van der Waals surface area contributed by atoms with Crippen LogP contribution in [0.4, 0.5) is 13.2 Å². The number of nitrogens with zero attached hydrogens (tertiary/aromatic N) is 2. The molecule has 1 unspecified atom stereocenters. The van der Waals surface area contributed by atoms with Gasteiger partial charge in [0.1, 0.15) is 17.6 Å². The molecule has 1 aliphatic rings. The summed E-state index contributed by atoms with van der Waals surface area (Å²) in [5, 5.41) is 10.3. The molecule has 3 rings (SSSR count). The van der Waals surface area contributed by atoms with E-state index in [2.05, 4.69) is 4.98 Å². The zero-order valence-corrected chi connectivity index (χ0v) is 14.0. The van der Waals surface area contributed by atoms with E-state index in [1.54, 1.807) is 0 Å². The Morgan fingerprint density at radius 2 is 2.07 bits per heavy atom. The molecule has 144 valence electrons. The summed E-state index contributed by atoms with van der Waals surface area (Å²) in [5.41, 5.74) is 5.41. The molecule has 0 aliphatic carbocycles. The average Bonchev–Trinajstić information content (AvgIpc) is 2.60. The number of ether oxygens (including phenoxy) is 1. The van der Waals surface area contributed by atoms with E-state index in [0.29, 0.717) is 23.7 Å². The molecule has 1 aromatic carbocycles. The van der Waals surface area contributed by atoms with Crippen LogP contribution in [-0.2, 0) is 4.79 Å². The molecule has 0 spiro atoms. The molecular formula is C17H16F3N3O4. The second-order valence-corrected chi connectivity index (χ2v) is 6.19. The van der Waals surface area contributed by atoms with Gasteiger partial charge in [-0.05, 0) is 31.0 Å². The molecule has 0 bridgehead atoms. The van der Waals surface area contributed by atoms with E-state index >= 15 is 0 Å². The third-order valence-electron chi connectivity index (χ3n) is 4.29. The number of hydrogen-bond donors (Lipinski definition) is 2. The maximum atomic E-state index is 12.6. The van der Waals surface area contributed by atoms with Gasteiger partial charge in [0.05, 0.1) is 17.6 Å². The number of phenols is 1. The molecule has 7 nitrogen and oxygen atoms in total. The molecule has 2 heterocycles. The molecule has 0 radical (unpaired) electrons. The van der Waals surface area contributed by atoms with Crippen LogP contribution in [0.2, 0.25) is 0 Å². The van der Waals surface area contributed by atoms with Crippen LogP contribution in [-0.4, -0.2) is 52.2 Å². The first-order valence-corrected chi connectivity index (χ1v) is 8.11. The largest absolute Gasteiger partial charge is 0.507 e. The lowest BCUT2D eigenvalue weighted by atomic mass is 10.1. The Bertz CT molecular complexity index is 901. The molecule has 1 atom stereocenters. The van der Waals surface area contributed by atoms with Crippen LogP contribution < -0.4 is 10.5 Å². The lowest BCUT2D eigenvalue weighted by molar-refractivity contribution is -0.187. The summed E-state index contributed by atoms with van der Waals surface area (Å²) in [6.07, 6.45) is -3.33. The summed E-state index contributed by atoms with van der Waals surface area (Å²) in [6.45, 7) is -0.189. The van der Waals surface area contributed by atoms with E-state index < -0.39 is 24.1 Å². The third kappa shape index (κ3) is 3.88. The topological polar surface area (TPSA) is 106 Å². The van der Waals surface area contributed by atoms with Crippen LogP contribution in [0, 0.1) is 0 Å². The van der Waals surface area contributed by atoms with Crippen LogP contribution in [0.15, 0.2) is 24.4 Å². The number of aromatic hydroxyl groups is 1. The standard InChI is InChI=1S/C17H16F3N3O4/c18-17(19,20)16(26)23-5-1-2-9(8-23)27-14-3-4-22-12-6-11(15(21)25)13(24)7-10(12)14/h3-4,6-7,9,24H,1-2,5,8H2,(H2,21,25). The Kier molecular flexibility index (Phi) is 4.81. The van der Waals surface area contributed by atoms with Gasteiger partial charge in [0.15, 0.2) is 0 Å². The first-order valence-electron chi connectivity index (χ1n) is 8.11. The molecule has 1 fully saturated rings. The predicted octanol–water partition coefficient (Wildman–Crippen LogP) is 1.97. The van der Waals surface area contributed by atoms with E-state index in [1.807, 2.05) is 0 Å². The molecule has 10 heteroatoms. The van der Waals surface area contributed by atoms with Gasteiger partial charge in [0.2, 0.25) is 0 Å². The third-order valence-corrected chi connectivity index (χ3v) is 4.29. The molecule has 2 amide bonds. The predicted molar refractivity (Wildman–Crippen MR) is 88.2 cm³/mol. The number of pyridine rings is 1. The maximum Gasteiger partial charge on any atom is 0.471 e. The number of aromatic nitrogens is 1. The monoisotopic (exact) mass is 383 g/mol. The number of nitrogens with two attached hydrogens (primary N) is 1. The smallest absolute Gasteiger partial charge is 0.471 e. The van der Waals surface area contributed by atoms with Crippen molar-refractivity contribution in [1.82, 2.24) is 9.88 Å². The van der Waals surface area contributed by atoms with Crippen molar-refractivity contribution >= 4 is 22.7 Å². The highest BCUT2D eigenvalue weighted by Crippen LogP contribution is 2.32. The van der Waals surface area contributed by atoms with Crippen LogP contribution in [0.25, 0.3) is 10.9 Å². The molecule has 1 saturated heterocycles.